The van der Waals surface area contributed by atoms with Crippen LogP contribution in [0.1, 0.15) is 30.5 Å². The number of nitrogens with zero attached hydrogens (tertiary/aromatic N) is 4. The SMILES string of the molecule is COc1ccc(S(=O)(=O)N2CC(n3cc(C4CC4)nn3)C2)c(OC)c1. The summed E-state index contributed by atoms with van der Waals surface area (Å²) in [5.74, 6) is 1.37. The monoisotopic (exact) mass is 364 g/mol. The second kappa shape index (κ2) is 5.99. The maximum atomic E-state index is 12.9. The molecular formula is C16H20N4O4S. The van der Waals surface area contributed by atoms with Crippen LogP contribution in [0.25, 0.3) is 0 Å². The van der Waals surface area contributed by atoms with Gasteiger partial charge >= 0.3 is 0 Å². The van der Waals surface area contributed by atoms with Crippen LogP contribution in [-0.4, -0.2) is 55.0 Å². The number of aromatic nitrogens is 3. The van der Waals surface area contributed by atoms with Crippen LogP contribution < -0.4 is 9.47 Å². The summed E-state index contributed by atoms with van der Waals surface area (Å²) in [5.41, 5.74) is 1.01. The topological polar surface area (TPSA) is 86.6 Å². The molecule has 2 fully saturated rings. The van der Waals surface area contributed by atoms with Crippen molar-refractivity contribution in [2.24, 2.45) is 0 Å². The van der Waals surface area contributed by atoms with E-state index in [0.717, 1.165) is 5.69 Å². The predicted molar refractivity (Wildman–Crippen MR) is 89.3 cm³/mol. The Labute approximate surface area is 146 Å². The van der Waals surface area contributed by atoms with E-state index >= 15 is 0 Å². The Bertz CT molecular complexity index is 885. The molecule has 0 unspecified atom stereocenters. The highest BCUT2D eigenvalue weighted by atomic mass is 32.2. The summed E-state index contributed by atoms with van der Waals surface area (Å²) in [5, 5.41) is 8.33. The van der Waals surface area contributed by atoms with E-state index < -0.39 is 10.0 Å². The van der Waals surface area contributed by atoms with Gasteiger partial charge < -0.3 is 9.47 Å². The second-order valence-electron chi connectivity index (χ2n) is 6.39. The van der Waals surface area contributed by atoms with Crippen LogP contribution in [0.3, 0.4) is 0 Å². The van der Waals surface area contributed by atoms with Crippen molar-refractivity contribution in [2.45, 2.75) is 29.7 Å². The molecule has 1 aromatic heterocycles. The van der Waals surface area contributed by atoms with Crippen molar-refractivity contribution in [3.8, 4) is 11.5 Å². The molecule has 0 radical (unpaired) electrons. The first kappa shape index (κ1) is 16.3. The minimum atomic E-state index is -3.62. The highest BCUT2D eigenvalue weighted by molar-refractivity contribution is 7.89. The molecule has 1 aromatic carbocycles. The van der Waals surface area contributed by atoms with E-state index in [1.54, 1.807) is 16.8 Å². The molecule has 1 aliphatic carbocycles. The Kier molecular flexibility index (Phi) is 3.92. The fraction of sp³-hybridized carbons (Fsp3) is 0.500. The van der Waals surface area contributed by atoms with Gasteiger partial charge in [0.25, 0.3) is 0 Å². The number of rotatable bonds is 6. The van der Waals surface area contributed by atoms with E-state index in [-0.39, 0.29) is 16.7 Å². The van der Waals surface area contributed by atoms with Gasteiger partial charge in [-0.1, -0.05) is 5.21 Å². The lowest BCUT2D eigenvalue weighted by molar-refractivity contribution is 0.188. The van der Waals surface area contributed by atoms with Crippen molar-refractivity contribution >= 4 is 10.0 Å². The Morgan fingerprint density at radius 1 is 1.16 bits per heavy atom. The number of hydrogen-bond acceptors (Lipinski definition) is 6. The average Bonchev–Trinajstić information content (AvgIpc) is 3.31. The molecule has 2 heterocycles. The maximum Gasteiger partial charge on any atom is 0.246 e. The van der Waals surface area contributed by atoms with E-state index in [0.29, 0.717) is 24.8 Å². The van der Waals surface area contributed by atoms with Crippen molar-refractivity contribution in [1.29, 1.82) is 0 Å². The van der Waals surface area contributed by atoms with Crippen molar-refractivity contribution < 1.29 is 17.9 Å². The van der Waals surface area contributed by atoms with Gasteiger partial charge in [0, 0.05) is 31.3 Å². The van der Waals surface area contributed by atoms with Gasteiger partial charge in [-0.05, 0) is 25.0 Å². The zero-order valence-electron chi connectivity index (χ0n) is 14.1. The van der Waals surface area contributed by atoms with Gasteiger partial charge in [-0.25, -0.2) is 13.1 Å². The third-order valence-corrected chi connectivity index (χ3v) is 6.59. The molecule has 0 atom stereocenters. The first-order valence-corrected chi connectivity index (χ1v) is 9.61. The van der Waals surface area contributed by atoms with E-state index in [1.165, 1.54) is 37.4 Å². The summed E-state index contributed by atoms with van der Waals surface area (Å²) < 4.78 is 39.3. The molecule has 8 nitrogen and oxygen atoms in total. The zero-order valence-corrected chi connectivity index (χ0v) is 14.9. The minimum Gasteiger partial charge on any atom is -0.497 e. The van der Waals surface area contributed by atoms with Gasteiger partial charge in [-0.3, -0.25) is 0 Å². The number of benzene rings is 1. The Balaban J connectivity index is 1.50. The van der Waals surface area contributed by atoms with E-state index in [9.17, 15) is 8.42 Å². The van der Waals surface area contributed by atoms with Crippen molar-refractivity contribution in [1.82, 2.24) is 19.3 Å². The Morgan fingerprint density at radius 3 is 2.56 bits per heavy atom. The normalized spacial score (nSPS) is 18.8. The lowest BCUT2D eigenvalue weighted by atomic mass is 10.2. The van der Waals surface area contributed by atoms with Gasteiger partial charge in [-0.15, -0.1) is 5.10 Å². The molecule has 4 rings (SSSR count). The molecule has 1 saturated heterocycles. The molecular weight excluding hydrogens is 344 g/mol. The van der Waals surface area contributed by atoms with Gasteiger partial charge in [0.15, 0.2) is 0 Å². The first-order chi connectivity index (χ1) is 12.0. The quantitative estimate of drug-likeness (QED) is 0.770. The molecule has 2 aromatic rings. The fourth-order valence-electron chi connectivity index (χ4n) is 2.94. The third kappa shape index (κ3) is 2.87. The van der Waals surface area contributed by atoms with Crippen molar-refractivity contribution in [2.75, 3.05) is 27.3 Å². The molecule has 9 heteroatoms. The zero-order chi connectivity index (χ0) is 17.6. The Hall–Kier alpha value is -2.13. The van der Waals surface area contributed by atoms with Gasteiger partial charge in [0.2, 0.25) is 10.0 Å². The minimum absolute atomic E-state index is 0.0269. The number of ether oxygens (including phenoxy) is 2. The number of hydrogen-bond donors (Lipinski definition) is 0. The molecule has 25 heavy (non-hydrogen) atoms. The molecule has 0 N–H and O–H groups in total. The molecule has 134 valence electrons. The van der Waals surface area contributed by atoms with Crippen LogP contribution in [-0.2, 0) is 10.0 Å². The van der Waals surface area contributed by atoms with E-state index in [4.69, 9.17) is 9.47 Å². The lowest BCUT2D eigenvalue weighted by Gasteiger charge is -2.37. The van der Waals surface area contributed by atoms with Crippen molar-refractivity contribution in [3.05, 3.63) is 30.1 Å². The summed E-state index contributed by atoms with van der Waals surface area (Å²) in [4.78, 5) is 0.145. The first-order valence-electron chi connectivity index (χ1n) is 8.17. The van der Waals surface area contributed by atoms with Gasteiger partial charge in [0.1, 0.15) is 16.4 Å². The average molecular weight is 364 g/mol. The van der Waals surface area contributed by atoms with Crippen LogP contribution in [0.5, 0.6) is 11.5 Å². The summed E-state index contributed by atoms with van der Waals surface area (Å²) in [7, 11) is -0.646. The highest BCUT2D eigenvalue weighted by Crippen LogP contribution is 2.39. The summed E-state index contributed by atoms with van der Waals surface area (Å²) in [6, 6.07) is 4.73. The van der Waals surface area contributed by atoms with Gasteiger partial charge in [-0.2, -0.15) is 4.31 Å². The van der Waals surface area contributed by atoms with Crippen LogP contribution in [0, 0.1) is 0 Å². The Morgan fingerprint density at radius 2 is 1.92 bits per heavy atom. The van der Waals surface area contributed by atoms with E-state index in [1.807, 2.05) is 6.20 Å². The molecule has 0 amide bonds. The highest BCUT2D eigenvalue weighted by Gasteiger charge is 2.40. The molecule has 2 aliphatic rings. The summed E-state index contributed by atoms with van der Waals surface area (Å²) in [6.07, 6.45) is 4.28. The number of sulfonamides is 1. The lowest BCUT2D eigenvalue weighted by Crippen LogP contribution is -2.50. The molecule has 0 spiro atoms. The fourth-order valence-corrected chi connectivity index (χ4v) is 4.59. The van der Waals surface area contributed by atoms with Crippen LogP contribution in [0.2, 0.25) is 0 Å². The molecule has 1 aliphatic heterocycles. The molecule has 0 bridgehead atoms. The third-order valence-electron chi connectivity index (χ3n) is 4.72. The van der Waals surface area contributed by atoms with Crippen LogP contribution in [0.4, 0.5) is 0 Å². The predicted octanol–water partition coefficient (Wildman–Crippen LogP) is 1.42. The molecule has 1 saturated carbocycles. The number of methoxy groups -OCH3 is 2. The van der Waals surface area contributed by atoms with Crippen LogP contribution in [0.15, 0.2) is 29.3 Å². The van der Waals surface area contributed by atoms with Crippen LogP contribution >= 0.6 is 0 Å². The largest absolute Gasteiger partial charge is 0.497 e. The van der Waals surface area contributed by atoms with Crippen molar-refractivity contribution in [3.63, 3.8) is 0 Å². The summed E-state index contributed by atoms with van der Waals surface area (Å²) >= 11 is 0. The van der Waals surface area contributed by atoms with E-state index in [2.05, 4.69) is 10.3 Å². The maximum absolute atomic E-state index is 12.9. The second-order valence-corrected chi connectivity index (χ2v) is 8.30. The van der Waals surface area contributed by atoms with Gasteiger partial charge in [0.05, 0.1) is 26.0 Å². The smallest absolute Gasteiger partial charge is 0.246 e. The summed E-state index contributed by atoms with van der Waals surface area (Å²) in [6.45, 7) is 0.760. The standard InChI is InChI=1S/C16H20N4O4S/c1-23-13-5-6-16(15(7-13)24-2)25(21,22)19-8-12(9-19)20-10-14(17-18-20)11-3-4-11/h5-7,10-12H,3-4,8-9H2,1-2H3.